The molecule has 0 unspecified atom stereocenters. The standard InChI is InChI=1S/C15H22N2O3/c1-19-15(20-2)11-7-9-17(10-8-11)13-6-4-3-5-12(13)14(16)18/h3-6,11,15H,7-10H2,1-2H3,(H2,16,18). The molecule has 0 bridgehead atoms. The summed E-state index contributed by atoms with van der Waals surface area (Å²) in [4.78, 5) is 13.7. The van der Waals surface area contributed by atoms with Crippen molar-refractivity contribution in [3.63, 3.8) is 0 Å². The van der Waals surface area contributed by atoms with Crippen molar-refractivity contribution in [2.75, 3.05) is 32.2 Å². The summed E-state index contributed by atoms with van der Waals surface area (Å²) in [7, 11) is 3.34. The number of nitrogens with zero attached hydrogens (tertiary/aromatic N) is 1. The summed E-state index contributed by atoms with van der Waals surface area (Å²) < 4.78 is 10.7. The first-order valence-electron chi connectivity index (χ1n) is 6.86. The van der Waals surface area contributed by atoms with Crippen molar-refractivity contribution in [1.29, 1.82) is 0 Å². The third kappa shape index (κ3) is 3.11. The van der Waals surface area contributed by atoms with Gasteiger partial charge in [0, 0.05) is 38.9 Å². The Morgan fingerprint density at radius 3 is 2.40 bits per heavy atom. The van der Waals surface area contributed by atoms with E-state index in [2.05, 4.69) is 4.90 Å². The van der Waals surface area contributed by atoms with Gasteiger partial charge in [0.1, 0.15) is 0 Å². The number of hydrogen-bond acceptors (Lipinski definition) is 4. The van der Waals surface area contributed by atoms with E-state index in [0.29, 0.717) is 11.5 Å². The first-order chi connectivity index (χ1) is 9.67. The van der Waals surface area contributed by atoms with Crippen LogP contribution in [0.1, 0.15) is 23.2 Å². The Bertz CT molecular complexity index is 452. The molecule has 0 saturated carbocycles. The number of hydrogen-bond donors (Lipinski definition) is 1. The topological polar surface area (TPSA) is 64.8 Å². The van der Waals surface area contributed by atoms with Gasteiger partial charge in [-0.15, -0.1) is 0 Å². The number of primary amides is 1. The molecular weight excluding hydrogens is 256 g/mol. The van der Waals surface area contributed by atoms with Crippen LogP contribution in [-0.2, 0) is 9.47 Å². The van der Waals surface area contributed by atoms with Crippen molar-refractivity contribution in [2.24, 2.45) is 11.7 Å². The lowest BCUT2D eigenvalue weighted by Crippen LogP contribution is -2.39. The van der Waals surface area contributed by atoms with Gasteiger partial charge in [0.2, 0.25) is 0 Å². The SMILES string of the molecule is COC(OC)C1CCN(c2ccccc2C(N)=O)CC1. The van der Waals surface area contributed by atoms with Crippen molar-refractivity contribution in [1.82, 2.24) is 0 Å². The quantitative estimate of drug-likeness (QED) is 0.831. The lowest BCUT2D eigenvalue weighted by atomic mass is 9.95. The van der Waals surface area contributed by atoms with E-state index < -0.39 is 0 Å². The van der Waals surface area contributed by atoms with Gasteiger partial charge in [-0.05, 0) is 25.0 Å². The highest BCUT2D eigenvalue weighted by molar-refractivity contribution is 5.98. The molecule has 1 heterocycles. The number of nitrogens with two attached hydrogens (primary N) is 1. The first kappa shape index (κ1) is 14.8. The van der Waals surface area contributed by atoms with Gasteiger partial charge in [-0.3, -0.25) is 4.79 Å². The van der Waals surface area contributed by atoms with E-state index in [1.165, 1.54) is 0 Å². The summed E-state index contributed by atoms with van der Waals surface area (Å²) in [5.74, 6) is 0.0105. The van der Waals surface area contributed by atoms with Crippen molar-refractivity contribution in [3.05, 3.63) is 29.8 Å². The van der Waals surface area contributed by atoms with Crippen molar-refractivity contribution in [2.45, 2.75) is 19.1 Å². The normalized spacial score (nSPS) is 16.6. The maximum atomic E-state index is 11.5. The number of carbonyl (C=O) groups excluding carboxylic acids is 1. The average molecular weight is 278 g/mol. The molecule has 1 aromatic rings. The smallest absolute Gasteiger partial charge is 0.250 e. The highest BCUT2D eigenvalue weighted by atomic mass is 16.7. The summed E-state index contributed by atoms with van der Waals surface area (Å²) in [6.07, 6.45) is 1.79. The summed E-state index contributed by atoms with van der Waals surface area (Å²) in [6.45, 7) is 1.75. The second-order valence-corrected chi connectivity index (χ2v) is 5.05. The monoisotopic (exact) mass is 278 g/mol. The number of piperidine rings is 1. The fraction of sp³-hybridized carbons (Fsp3) is 0.533. The predicted molar refractivity (Wildman–Crippen MR) is 77.7 cm³/mol. The van der Waals surface area contributed by atoms with E-state index in [0.717, 1.165) is 31.6 Å². The number of anilines is 1. The largest absolute Gasteiger partial charge is 0.371 e. The Labute approximate surface area is 119 Å². The van der Waals surface area contributed by atoms with Gasteiger partial charge < -0.3 is 20.1 Å². The fourth-order valence-corrected chi connectivity index (χ4v) is 2.85. The summed E-state index contributed by atoms with van der Waals surface area (Å²) >= 11 is 0. The zero-order chi connectivity index (χ0) is 14.5. The maximum Gasteiger partial charge on any atom is 0.250 e. The van der Waals surface area contributed by atoms with E-state index in [1.54, 1.807) is 20.3 Å². The van der Waals surface area contributed by atoms with Crippen LogP contribution in [0.2, 0.25) is 0 Å². The summed E-state index contributed by atoms with van der Waals surface area (Å²) in [6, 6.07) is 7.49. The molecule has 20 heavy (non-hydrogen) atoms. The van der Waals surface area contributed by atoms with E-state index in [1.807, 2.05) is 18.2 Å². The Balaban J connectivity index is 2.06. The van der Waals surface area contributed by atoms with Gasteiger partial charge in [-0.1, -0.05) is 12.1 Å². The molecule has 1 fully saturated rings. The van der Waals surface area contributed by atoms with Gasteiger partial charge in [0.15, 0.2) is 6.29 Å². The second kappa shape index (κ2) is 6.72. The highest BCUT2D eigenvalue weighted by Crippen LogP contribution is 2.28. The fourth-order valence-electron chi connectivity index (χ4n) is 2.85. The minimum atomic E-state index is -0.380. The van der Waals surface area contributed by atoms with Gasteiger partial charge in [-0.2, -0.15) is 0 Å². The number of para-hydroxylation sites is 1. The van der Waals surface area contributed by atoms with Crippen LogP contribution in [0.5, 0.6) is 0 Å². The third-order valence-electron chi connectivity index (χ3n) is 3.90. The minimum absolute atomic E-state index is 0.150. The first-order valence-corrected chi connectivity index (χ1v) is 6.86. The molecule has 5 nitrogen and oxygen atoms in total. The molecule has 1 aromatic carbocycles. The Hall–Kier alpha value is -1.59. The van der Waals surface area contributed by atoms with Gasteiger partial charge in [-0.25, -0.2) is 0 Å². The Morgan fingerprint density at radius 1 is 1.25 bits per heavy atom. The molecule has 5 heteroatoms. The molecule has 1 saturated heterocycles. The molecule has 0 aliphatic carbocycles. The molecular formula is C15H22N2O3. The van der Waals surface area contributed by atoms with E-state index in [4.69, 9.17) is 15.2 Å². The van der Waals surface area contributed by atoms with Crippen LogP contribution in [-0.4, -0.2) is 39.5 Å². The van der Waals surface area contributed by atoms with Gasteiger partial charge in [0.25, 0.3) is 5.91 Å². The maximum absolute atomic E-state index is 11.5. The Morgan fingerprint density at radius 2 is 1.85 bits per heavy atom. The molecule has 2 rings (SSSR count). The molecule has 0 radical (unpaired) electrons. The number of methoxy groups -OCH3 is 2. The van der Waals surface area contributed by atoms with Gasteiger partial charge in [0.05, 0.1) is 5.56 Å². The minimum Gasteiger partial charge on any atom is -0.371 e. The lowest BCUT2D eigenvalue weighted by molar-refractivity contribution is -0.141. The van der Waals surface area contributed by atoms with Crippen LogP contribution in [0.15, 0.2) is 24.3 Å². The van der Waals surface area contributed by atoms with Crippen LogP contribution >= 0.6 is 0 Å². The number of rotatable bonds is 5. The van der Waals surface area contributed by atoms with Crippen molar-refractivity contribution < 1.29 is 14.3 Å². The highest BCUT2D eigenvalue weighted by Gasteiger charge is 2.27. The third-order valence-corrected chi connectivity index (χ3v) is 3.90. The zero-order valence-corrected chi connectivity index (χ0v) is 12.0. The van der Waals surface area contributed by atoms with E-state index in [-0.39, 0.29) is 12.2 Å². The summed E-state index contributed by atoms with van der Waals surface area (Å²) in [5.41, 5.74) is 6.94. The molecule has 2 N–H and O–H groups in total. The zero-order valence-electron chi connectivity index (χ0n) is 12.0. The lowest BCUT2D eigenvalue weighted by Gasteiger charge is -2.36. The van der Waals surface area contributed by atoms with E-state index in [9.17, 15) is 4.79 Å². The molecule has 1 aliphatic rings. The number of ether oxygens (including phenoxy) is 2. The van der Waals surface area contributed by atoms with Crippen LogP contribution in [0.3, 0.4) is 0 Å². The van der Waals surface area contributed by atoms with Crippen molar-refractivity contribution in [3.8, 4) is 0 Å². The van der Waals surface area contributed by atoms with Crippen LogP contribution in [0.4, 0.5) is 5.69 Å². The van der Waals surface area contributed by atoms with E-state index >= 15 is 0 Å². The number of benzene rings is 1. The Kier molecular flexibility index (Phi) is 4.98. The van der Waals surface area contributed by atoms with Gasteiger partial charge >= 0.3 is 0 Å². The van der Waals surface area contributed by atoms with Crippen LogP contribution in [0.25, 0.3) is 0 Å². The second-order valence-electron chi connectivity index (χ2n) is 5.05. The molecule has 0 atom stereocenters. The number of carbonyl (C=O) groups is 1. The molecule has 0 spiro atoms. The molecule has 1 amide bonds. The average Bonchev–Trinajstić information content (AvgIpc) is 2.49. The number of amides is 1. The predicted octanol–water partition coefficient (Wildman–Crippen LogP) is 1.62. The van der Waals surface area contributed by atoms with Crippen LogP contribution in [0, 0.1) is 5.92 Å². The van der Waals surface area contributed by atoms with Crippen LogP contribution < -0.4 is 10.6 Å². The molecule has 1 aliphatic heterocycles. The molecule has 110 valence electrons. The summed E-state index contributed by atoms with van der Waals surface area (Å²) in [5, 5.41) is 0. The molecule has 0 aromatic heterocycles. The van der Waals surface area contributed by atoms with Crippen molar-refractivity contribution >= 4 is 11.6 Å².